The van der Waals surface area contributed by atoms with Gasteiger partial charge in [0, 0.05) is 17.9 Å². The minimum atomic E-state index is -0.133. The number of carbonyl (C=O) groups excluding carboxylic acids is 1. The highest BCUT2D eigenvalue weighted by Crippen LogP contribution is 2.25. The van der Waals surface area contributed by atoms with E-state index in [4.69, 9.17) is 0 Å². The lowest BCUT2D eigenvalue weighted by Crippen LogP contribution is -2.16. The molecule has 1 aromatic carbocycles. The number of pyridine rings is 1. The Kier molecular flexibility index (Phi) is 3.37. The second-order valence-corrected chi connectivity index (χ2v) is 5.14. The van der Waals surface area contributed by atoms with Crippen molar-refractivity contribution in [3.63, 3.8) is 0 Å². The summed E-state index contributed by atoms with van der Waals surface area (Å²) in [6.45, 7) is 2.00. The van der Waals surface area contributed by atoms with Crippen molar-refractivity contribution in [3.8, 4) is 0 Å². The minimum Gasteiger partial charge on any atom is -0.367 e. The van der Waals surface area contributed by atoms with E-state index in [1.54, 1.807) is 18.3 Å². The van der Waals surface area contributed by atoms with Gasteiger partial charge in [-0.2, -0.15) is 0 Å². The normalized spacial score (nSPS) is 13.8. The van der Waals surface area contributed by atoms with Crippen LogP contribution < -0.4 is 10.6 Å². The maximum absolute atomic E-state index is 12.4. The van der Waals surface area contributed by atoms with Gasteiger partial charge in [-0.1, -0.05) is 12.1 Å². The number of aromatic nitrogens is 1. The highest BCUT2D eigenvalue weighted by molar-refractivity contribution is 6.07. The van der Waals surface area contributed by atoms with Gasteiger partial charge in [-0.15, -0.1) is 0 Å². The quantitative estimate of drug-likeness (QED) is 0.894. The molecule has 0 bridgehead atoms. The van der Waals surface area contributed by atoms with Crippen LogP contribution >= 0.6 is 0 Å². The topological polar surface area (TPSA) is 54.0 Å². The fraction of sp³-hybridized carbons (Fsp3) is 0.250. The molecule has 102 valence electrons. The lowest BCUT2D eigenvalue weighted by molar-refractivity contribution is 0.102. The van der Waals surface area contributed by atoms with Crippen molar-refractivity contribution in [3.05, 3.63) is 53.7 Å². The number of anilines is 2. The van der Waals surface area contributed by atoms with Crippen molar-refractivity contribution in [1.82, 2.24) is 4.98 Å². The van der Waals surface area contributed by atoms with E-state index in [1.165, 1.54) is 0 Å². The highest BCUT2D eigenvalue weighted by Gasteiger charge is 2.23. The predicted octanol–water partition coefficient (Wildman–Crippen LogP) is 3.22. The van der Waals surface area contributed by atoms with Gasteiger partial charge >= 0.3 is 0 Å². The molecule has 4 nitrogen and oxygen atoms in total. The van der Waals surface area contributed by atoms with Gasteiger partial charge in [0.2, 0.25) is 0 Å². The SMILES string of the molecule is Cc1cccc(NC(=O)c2cccnc2NC2CC2)c1. The first-order valence-electron chi connectivity index (χ1n) is 6.82. The number of hydrogen-bond acceptors (Lipinski definition) is 3. The van der Waals surface area contributed by atoms with Gasteiger partial charge in [0.1, 0.15) is 5.82 Å². The number of carbonyl (C=O) groups is 1. The lowest BCUT2D eigenvalue weighted by Gasteiger charge is -2.10. The van der Waals surface area contributed by atoms with E-state index < -0.39 is 0 Å². The average molecular weight is 267 g/mol. The summed E-state index contributed by atoms with van der Waals surface area (Å²) in [6.07, 6.45) is 4.00. The summed E-state index contributed by atoms with van der Waals surface area (Å²) >= 11 is 0. The number of amides is 1. The molecule has 0 aliphatic heterocycles. The van der Waals surface area contributed by atoms with Crippen LogP contribution in [0.15, 0.2) is 42.6 Å². The summed E-state index contributed by atoms with van der Waals surface area (Å²) in [4.78, 5) is 16.6. The van der Waals surface area contributed by atoms with E-state index in [9.17, 15) is 4.79 Å². The van der Waals surface area contributed by atoms with E-state index in [1.807, 2.05) is 31.2 Å². The van der Waals surface area contributed by atoms with Gasteiger partial charge in [-0.05, 0) is 49.6 Å². The van der Waals surface area contributed by atoms with Crippen molar-refractivity contribution in [2.24, 2.45) is 0 Å². The molecule has 0 spiro atoms. The third-order valence-corrected chi connectivity index (χ3v) is 3.25. The summed E-state index contributed by atoms with van der Waals surface area (Å²) in [5.74, 6) is 0.534. The predicted molar refractivity (Wildman–Crippen MR) is 80.0 cm³/mol. The summed E-state index contributed by atoms with van der Waals surface area (Å²) in [7, 11) is 0. The smallest absolute Gasteiger partial charge is 0.259 e. The minimum absolute atomic E-state index is 0.133. The molecule has 2 aromatic rings. The van der Waals surface area contributed by atoms with E-state index in [2.05, 4.69) is 15.6 Å². The van der Waals surface area contributed by atoms with Gasteiger partial charge in [0.25, 0.3) is 5.91 Å². The third kappa shape index (κ3) is 2.96. The number of rotatable bonds is 4. The van der Waals surface area contributed by atoms with Crippen molar-refractivity contribution >= 4 is 17.4 Å². The fourth-order valence-electron chi connectivity index (χ4n) is 2.05. The molecule has 1 aliphatic rings. The molecule has 20 heavy (non-hydrogen) atoms. The molecule has 0 atom stereocenters. The van der Waals surface area contributed by atoms with Gasteiger partial charge in [-0.3, -0.25) is 4.79 Å². The van der Waals surface area contributed by atoms with Crippen LogP contribution in [0.25, 0.3) is 0 Å². The zero-order chi connectivity index (χ0) is 13.9. The highest BCUT2D eigenvalue weighted by atomic mass is 16.1. The maximum Gasteiger partial charge on any atom is 0.259 e. The van der Waals surface area contributed by atoms with Crippen molar-refractivity contribution < 1.29 is 4.79 Å². The third-order valence-electron chi connectivity index (χ3n) is 3.25. The monoisotopic (exact) mass is 267 g/mol. The molecule has 1 heterocycles. The molecule has 1 fully saturated rings. The molecule has 2 N–H and O–H groups in total. The number of hydrogen-bond donors (Lipinski definition) is 2. The summed E-state index contributed by atoms with van der Waals surface area (Å²) in [6, 6.07) is 11.8. The van der Waals surface area contributed by atoms with E-state index in [-0.39, 0.29) is 5.91 Å². The van der Waals surface area contributed by atoms with Crippen LogP contribution in [0.1, 0.15) is 28.8 Å². The van der Waals surface area contributed by atoms with Crippen LogP contribution in [-0.4, -0.2) is 16.9 Å². The fourth-order valence-corrected chi connectivity index (χ4v) is 2.05. The summed E-state index contributed by atoms with van der Waals surface area (Å²) in [5, 5.41) is 6.20. The van der Waals surface area contributed by atoms with Crippen LogP contribution in [0.3, 0.4) is 0 Å². The molecule has 0 saturated heterocycles. The van der Waals surface area contributed by atoms with E-state index in [0.717, 1.165) is 24.1 Å². The van der Waals surface area contributed by atoms with Gasteiger partial charge in [0.05, 0.1) is 5.56 Å². The first-order valence-corrected chi connectivity index (χ1v) is 6.82. The molecule has 1 amide bonds. The number of benzene rings is 1. The Morgan fingerprint density at radius 1 is 1.25 bits per heavy atom. The Bertz CT molecular complexity index is 635. The van der Waals surface area contributed by atoms with Crippen LogP contribution in [0.4, 0.5) is 11.5 Å². The summed E-state index contributed by atoms with van der Waals surface area (Å²) in [5.41, 5.74) is 2.50. The van der Waals surface area contributed by atoms with Crippen LogP contribution in [0, 0.1) is 6.92 Å². The van der Waals surface area contributed by atoms with Crippen molar-refractivity contribution in [2.45, 2.75) is 25.8 Å². The molecular formula is C16H17N3O. The van der Waals surface area contributed by atoms with Crippen molar-refractivity contribution in [2.75, 3.05) is 10.6 Å². The van der Waals surface area contributed by atoms with E-state index >= 15 is 0 Å². The van der Waals surface area contributed by atoms with Gasteiger partial charge in [0.15, 0.2) is 0 Å². The molecule has 0 unspecified atom stereocenters. The number of aryl methyl sites for hydroxylation is 1. The largest absolute Gasteiger partial charge is 0.367 e. The Morgan fingerprint density at radius 3 is 2.85 bits per heavy atom. The van der Waals surface area contributed by atoms with Crippen LogP contribution in [-0.2, 0) is 0 Å². The standard InChI is InChI=1S/C16H17N3O/c1-11-4-2-5-13(10-11)19-16(20)14-6-3-9-17-15(14)18-12-7-8-12/h2-6,9-10,12H,7-8H2,1H3,(H,17,18)(H,19,20). The second kappa shape index (κ2) is 5.33. The Balaban J connectivity index is 1.79. The van der Waals surface area contributed by atoms with Gasteiger partial charge < -0.3 is 10.6 Å². The maximum atomic E-state index is 12.4. The zero-order valence-corrected chi connectivity index (χ0v) is 11.4. The number of nitrogens with zero attached hydrogens (tertiary/aromatic N) is 1. The van der Waals surface area contributed by atoms with Crippen LogP contribution in [0.5, 0.6) is 0 Å². The molecule has 4 heteroatoms. The molecule has 0 radical (unpaired) electrons. The molecular weight excluding hydrogens is 250 g/mol. The number of nitrogens with one attached hydrogen (secondary N) is 2. The first kappa shape index (κ1) is 12.7. The Morgan fingerprint density at radius 2 is 2.10 bits per heavy atom. The Hall–Kier alpha value is -2.36. The van der Waals surface area contributed by atoms with Crippen molar-refractivity contribution in [1.29, 1.82) is 0 Å². The molecule has 1 aliphatic carbocycles. The average Bonchev–Trinajstić information content (AvgIpc) is 3.23. The zero-order valence-electron chi connectivity index (χ0n) is 11.4. The Labute approximate surface area is 118 Å². The first-order chi connectivity index (χ1) is 9.72. The lowest BCUT2D eigenvalue weighted by atomic mass is 10.2. The molecule has 1 saturated carbocycles. The van der Waals surface area contributed by atoms with E-state index in [0.29, 0.717) is 17.4 Å². The van der Waals surface area contributed by atoms with Crippen LogP contribution in [0.2, 0.25) is 0 Å². The second-order valence-electron chi connectivity index (χ2n) is 5.14. The molecule has 1 aromatic heterocycles. The van der Waals surface area contributed by atoms with Gasteiger partial charge in [-0.25, -0.2) is 4.98 Å². The summed E-state index contributed by atoms with van der Waals surface area (Å²) < 4.78 is 0. The molecule has 3 rings (SSSR count).